The predicted octanol–water partition coefficient (Wildman–Crippen LogP) is 1.92. The van der Waals surface area contributed by atoms with E-state index in [1.54, 1.807) is 4.90 Å². The summed E-state index contributed by atoms with van der Waals surface area (Å²) in [6.07, 6.45) is 0.934. The van der Waals surface area contributed by atoms with Gasteiger partial charge in [0.25, 0.3) is 0 Å². The van der Waals surface area contributed by atoms with Gasteiger partial charge >= 0.3 is 6.09 Å². The molecule has 1 atom stereocenters. The van der Waals surface area contributed by atoms with Crippen molar-refractivity contribution in [2.75, 3.05) is 13.1 Å². The van der Waals surface area contributed by atoms with Gasteiger partial charge in [0, 0.05) is 25.6 Å². The summed E-state index contributed by atoms with van der Waals surface area (Å²) in [4.78, 5) is 24.9. The van der Waals surface area contributed by atoms with E-state index < -0.39 is 0 Å². The lowest BCUT2D eigenvalue weighted by atomic mass is 10.2. The Kier molecular flexibility index (Phi) is 4.98. The van der Waals surface area contributed by atoms with Crippen LogP contribution in [0, 0.1) is 0 Å². The molecule has 5 heteroatoms. The Balaban J connectivity index is 1.75. The van der Waals surface area contributed by atoms with Crippen LogP contribution in [-0.2, 0) is 16.1 Å². The zero-order valence-electron chi connectivity index (χ0n) is 11.7. The third-order valence-electron chi connectivity index (χ3n) is 3.34. The molecule has 20 heavy (non-hydrogen) atoms. The molecule has 1 saturated heterocycles. The summed E-state index contributed by atoms with van der Waals surface area (Å²) < 4.78 is 5.27. The maximum atomic E-state index is 11.9. The number of benzene rings is 1. The first kappa shape index (κ1) is 14.4. The molecule has 0 radical (unpaired) electrons. The highest BCUT2D eigenvalue weighted by molar-refractivity contribution is 5.76. The number of hydrogen-bond donors (Lipinski definition) is 1. The van der Waals surface area contributed by atoms with Crippen LogP contribution in [0.15, 0.2) is 30.3 Å². The smallest absolute Gasteiger partial charge is 0.410 e. The van der Waals surface area contributed by atoms with Crippen LogP contribution >= 0.6 is 0 Å². The molecular formula is C15H20N2O3. The molecule has 0 saturated carbocycles. The van der Waals surface area contributed by atoms with Crippen molar-refractivity contribution in [1.29, 1.82) is 0 Å². The number of amides is 2. The zero-order chi connectivity index (χ0) is 14.4. The molecule has 0 bridgehead atoms. The van der Waals surface area contributed by atoms with Gasteiger partial charge in [-0.05, 0) is 12.0 Å². The zero-order valence-corrected chi connectivity index (χ0v) is 11.7. The Bertz CT molecular complexity index is 461. The molecule has 1 aliphatic rings. The topological polar surface area (TPSA) is 58.6 Å². The lowest BCUT2D eigenvalue weighted by molar-refractivity contribution is -0.121. The lowest BCUT2D eigenvalue weighted by Gasteiger charge is -2.16. The lowest BCUT2D eigenvalue weighted by Crippen LogP contribution is -2.38. The Morgan fingerprint density at radius 1 is 1.35 bits per heavy atom. The molecule has 0 aromatic heterocycles. The summed E-state index contributed by atoms with van der Waals surface area (Å²) in [5.41, 5.74) is 0.968. The second-order valence-corrected chi connectivity index (χ2v) is 4.89. The van der Waals surface area contributed by atoms with E-state index in [9.17, 15) is 9.59 Å². The highest BCUT2D eigenvalue weighted by Gasteiger charge is 2.27. The number of rotatable bonds is 4. The highest BCUT2D eigenvalue weighted by Crippen LogP contribution is 2.12. The van der Waals surface area contributed by atoms with E-state index in [1.807, 2.05) is 37.3 Å². The summed E-state index contributed by atoms with van der Waals surface area (Å²) in [5.74, 6) is 0.0227. The van der Waals surface area contributed by atoms with Gasteiger partial charge in [-0.15, -0.1) is 0 Å². The van der Waals surface area contributed by atoms with Crippen molar-refractivity contribution in [3.05, 3.63) is 35.9 Å². The number of carbonyl (C=O) groups excluding carboxylic acids is 2. The van der Waals surface area contributed by atoms with Gasteiger partial charge in [-0.1, -0.05) is 37.3 Å². The first-order valence-electron chi connectivity index (χ1n) is 6.94. The van der Waals surface area contributed by atoms with Crippen LogP contribution in [0.1, 0.15) is 25.3 Å². The normalized spacial score (nSPS) is 17.9. The van der Waals surface area contributed by atoms with Crippen LogP contribution in [0.25, 0.3) is 0 Å². The second kappa shape index (κ2) is 6.93. The molecule has 0 spiro atoms. The van der Waals surface area contributed by atoms with Crippen molar-refractivity contribution in [2.24, 2.45) is 0 Å². The van der Waals surface area contributed by atoms with Gasteiger partial charge in [-0.3, -0.25) is 4.79 Å². The SMILES string of the molecule is CCC(=O)NC1CCN(C(=O)OCc2ccccc2)C1. The van der Waals surface area contributed by atoms with E-state index in [0.717, 1.165) is 12.0 Å². The Morgan fingerprint density at radius 2 is 2.10 bits per heavy atom. The van der Waals surface area contributed by atoms with Crippen LogP contribution in [0.4, 0.5) is 4.79 Å². The fourth-order valence-electron chi connectivity index (χ4n) is 2.18. The number of likely N-dealkylation sites (tertiary alicyclic amines) is 1. The molecule has 0 aliphatic carbocycles. The maximum Gasteiger partial charge on any atom is 0.410 e. The van der Waals surface area contributed by atoms with Crippen LogP contribution in [0.5, 0.6) is 0 Å². The van der Waals surface area contributed by atoms with Gasteiger partial charge in [0.2, 0.25) is 5.91 Å². The molecule has 1 heterocycles. The molecule has 1 N–H and O–H groups in total. The number of nitrogens with zero attached hydrogens (tertiary/aromatic N) is 1. The molecule has 1 aliphatic heterocycles. The van der Waals surface area contributed by atoms with E-state index in [1.165, 1.54) is 0 Å². The van der Waals surface area contributed by atoms with Crippen molar-refractivity contribution < 1.29 is 14.3 Å². The molecule has 2 amide bonds. The number of ether oxygens (including phenoxy) is 1. The number of carbonyl (C=O) groups is 2. The molecule has 1 unspecified atom stereocenters. The molecule has 108 valence electrons. The van der Waals surface area contributed by atoms with Crippen LogP contribution < -0.4 is 5.32 Å². The van der Waals surface area contributed by atoms with Crippen LogP contribution in [0.3, 0.4) is 0 Å². The van der Waals surface area contributed by atoms with E-state index >= 15 is 0 Å². The summed E-state index contributed by atoms with van der Waals surface area (Å²) in [7, 11) is 0. The summed E-state index contributed by atoms with van der Waals surface area (Å²) >= 11 is 0. The van der Waals surface area contributed by atoms with Gasteiger partial charge in [0.15, 0.2) is 0 Å². The van der Waals surface area contributed by atoms with E-state index in [0.29, 0.717) is 19.5 Å². The molecule has 1 aromatic carbocycles. The maximum absolute atomic E-state index is 11.9. The summed E-state index contributed by atoms with van der Waals surface area (Å²) in [6, 6.07) is 9.63. The van der Waals surface area contributed by atoms with Gasteiger partial charge in [-0.2, -0.15) is 0 Å². The van der Waals surface area contributed by atoms with Crippen LogP contribution in [-0.4, -0.2) is 36.0 Å². The monoisotopic (exact) mass is 276 g/mol. The first-order chi connectivity index (χ1) is 9.69. The summed E-state index contributed by atoms with van der Waals surface area (Å²) in [5, 5.41) is 2.90. The largest absolute Gasteiger partial charge is 0.445 e. The van der Waals surface area contributed by atoms with Crippen molar-refractivity contribution in [3.63, 3.8) is 0 Å². The Hall–Kier alpha value is -2.04. The molecule has 2 rings (SSSR count). The van der Waals surface area contributed by atoms with E-state index in [-0.39, 0.29) is 24.6 Å². The first-order valence-corrected chi connectivity index (χ1v) is 6.94. The molecule has 1 fully saturated rings. The van der Waals surface area contributed by atoms with Gasteiger partial charge in [0.05, 0.1) is 0 Å². The predicted molar refractivity (Wildman–Crippen MR) is 75.0 cm³/mol. The second-order valence-electron chi connectivity index (χ2n) is 4.89. The third-order valence-corrected chi connectivity index (χ3v) is 3.34. The quantitative estimate of drug-likeness (QED) is 0.914. The standard InChI is InChI=1S/C15H20N2O3/c1-2-14(18)16-13-8-9-17(10-13)15(19)20-11-12-6-4-3-5-7-12/h3-7,13H,2,8-11H2,1H3,(H,16,18). The summed E-state index contributed by atoms with van der Waals surface area (Å²) in [6.45, 7) is 3.25. The average Bonchev–Trinajstić information content (AvgIpc) is 2.94. The van der Waals surface area contributed by atoms with Crippen molar-refractivity contribution in [1.82, 2.24) is 10.2 Å². The minimum absolute atomic E-state index is 0.0227. The number of hydrogen-bond acceptors (Lipinski definition) is 3. The van der Waals surface area contributed by atoms with Gasteiger partial charge in [0.1, 0.15) is 6.61 Å². The highest BCUT2D eigenvalue weighted by atomic mass is 16.6. The van der Waals surface area contributed by atoms with Crippen molar-refractivity contribution in [2.45, 2.75) is 32.4 Å². The average molecular weight is 276 g/mol. The molecular weight excluding hydrogens is 256 g/mol. The van der Waals surface area contributed by atoms with Gasteiger partial charge < -0.3 is 15.0 Å². The van der Waals surface area contributed by atoms with Gasteiger partial charge in [-0.25, -0.2) is 4.79 Å². The van der Waals surface area contributed by atoms with Crippen molar-refractivity contribution in [3.8, 4) is 0 Å². The fourth-order valence-corrected chi connectivity index (χ4v) is 2.18. The van der Waals surface area contributed by atoms with Crippen LogP contribution in [0.2, 0.25) is 0 Å². The Morgan fingerprint density at radius 3 is 2.80 bits per heavy atom. The molecule has 5 nitrogen and oxygen atoms in total. The molecule has 1 aromatic rings. The van der Waals surface area contributed by atoms with E-state index in [2.05, 4.69) is 5.32 Å². The minimum Gasteiger partial charge on any atom is -0.445 e. The van der Waals surface area contributed by atoms with E-state index in [4.69, 9.17) is 4.74 Å². The third kappa shape index (κ3) is 3.98. The fraction of sp³-hybridized carbons (Fsp3) is 0.467. The Labute approximate surface area is 118 Å². The van der Waals surface area contributed by atoms with Crippen molar-refractivity contribution >= 4 is 12.0 Å². The number of nitrogens with one attached hydrogen (secondary N) is 1. The minimum atomic E-state index is -0.317.